The molecule has 0 fully saturated rings. The summed E-state index contributed by atoms with van der Waals surface area (Å²) < 4.78 is 8.46. The molecule has 2 aromatic rings. The molecule has 0 bridgehead atoms. The van der Waals surface area contributed by atoms with Crippen molar-refractivity contribution in [2.75, 3.05) is 0 Å². The van der Waals surface area contributed by atoms with Crippen LogP contribution < -0.4 is 13.7 Å². The molecule has 3 rings (SSSR count). The molecule has 1 aliphatic heterocycles. The maximum absolute atomic E-state index is 5.79. The summed E-state index contributed by atoms with van der Waals surface area (Å²) in [5, 5.41) is 0. The summed E-state index contributed by atoms with van der Waals surface area (Å²) in [6, 6.07) is 16.5. The normalized spacial score (nSPS) is 12.6. The minimum atomic E-state index is 0.394. The van der Waals surface area contributed by atoms with Crippen LogP contribution in [0.2, 0.25) is 0 Å². The third kappa shape index (κ3) is 1.24. The average Bonchev–Trinajstić information content (AvgIpc) is 2.26. The molecule has 0 unspecified atom stereocenters. The summed E-state index contributed by atoms with van der Waals surface area (Å²) in [6.45, 7) is 0. The summed E-state index contributed by atoms with van der Waals surface area (Å²) in [4.78, 5) is 0. The van der Waals surface area contributed by atoms with Crippen LogP contribution in [0.5, 0.6) is 11.5 Å². The first-order valence-corrected chi connectivity index (χ1v) is 6.18. The van der Waals surface area contributed by atoms with Gasteiger partial charge in [0.1, 0.15) is 0 Å². The van der Waals surface area contributed by atoms with Crippen LogP contribution in [0, 0.1) is 0 Å². The Balaban J connectivity index is 2.12. The van der Waals surface area contributed by atoms with Crippen molar-refractivity contribution in [3.63, 3.8) is 0 Å². The molecular weight excluding hydrogens is 239 g/mol. The number of benzene rings is 2. The van der Waals surface area contributed by atoms with E-state index in [2.05, 4.69) is 24.3 Å². The van der Waals surface area contributed by atoms with Crippen molar-refractivity contribution in [3.05, 3.63) is 48.5 Å². The zero-order valence-electron chi connectivity index (χ0n) is 7.44. The molecule has 1 aliphatic rings. The Morgan fingerprint density at radius 1 is 0.714 bits per heavy atom. The van der Waals surface area contributed by atoms with Gasteiger partial charge in [-0.2, -0.15) is 0 Å². The van der Waals surface area contributed by atoms with Crippen molar-refractivity contribution in [3.8, 4) is 11.5 Å². The molecule has 0 radical (unpaired) electrons. The van der Waals surface area contributed by atoms with Crippen LogP contribution in [-0.4, -0.2) is 15.0 Å². The second-order valence-electron chi connectivity index (χ2n) is 3.10. The molecule has 68 valence electrons. The van der Waals surface area contributed by atoms with Crippen LogP contribution in [0.1, 0.15) is 0 Å². The van der Waals surface area contributed by atoms with E-state index in [0.717, 1.165) is 11.5 Å². The minimum absolute atomic E-state index is 0.394. The van der Waals surface area contributed by atoms with Gasteiger partial charge >= 0.3 is 88.6 Å². The van der Waals surface area contributed by atoms with Crippen LogP contribution >= 0.6 is 0 Å². The second kappa shape index (κ2) is 3.16. The first-order chi connectivity index (χ1) is 6.93. The van der Waals surface area contributed by atoms with Gasteiger partial charge in [0.15, 0.2) is 0 Å². The van der Waals surface area contributed by atoms with Crippen LogP contribution in [-0.2, 0) is 0 Å². The van der Waals surface area contributed by atoms with Crippen molar-refractivity contribution < 1.29 is 4.74 Å². The molecule has 2 aromatic carbocycles. The Morgan fingerprint density at radius 2 is 1.21 bits per heavy atom. The van der Waals surface area contributed by atoms with Gasteiger partial charge in [-0.3, -0.25) is 0 Å². The molecule has 0 saturated carbocycles. The van der Waals surface area contributed by atoms with Crippen molar-refractivity contribution in [1.29, 1.82) is 0 Å². The molecule has 0 N–H and O–H groups in total. The van der Waals surface area contributed by atoms with Gasteiger partial charge in [-0.25, -0.2) is 0 Å². The van der Waals surface area contributed by atoms with Crippen LogP contribution in [0.4, 0.5) is 0 Å². The Labute approximate surface area is 88.9 Å². The Hall–Kier alpha value is -1.24. The number of rotatable bonds is 0. The van der Waals surface area contributed by atoms with Gasteiger partial charge in [-0.15, -0.1) is 0 Å². The second-order valence-corrected chi connectivity index (χ2v) is 5.37. The molecular formula is C12H8OSe. The summed E-state index contributed by atoms with van der Waals surface area (Å²) in [5.74, 6) is 2.04. The fourth-order valence-electron chi connectivity index (χ4n) is 1.47. The number of hydrogen-bond acceptors (Lipinski definition) is 1. The van der Waals surface area contributed by atoms with E-state index in [1.165, 1.54) is 8.92 Å². The Morgan fingerprint density at radius 3 is 1.79 bits per heavy atom. The third-order valence-corrected chi connectivity index (χ3v) is 4.48. The van der Waals surface area contributed by atoms with Crippen molar-refractivity contribution in [2.24, 2.45) is 0 Å². The Bertz CT molecular complexity index is 392. The quantitative estimate of drug-likeness (QED) is 0.546. The molecule has 0 aromatic heterocycles. The molecule has 0 amide bonds. The molecule has 0 saturated heterocycles. The summed E-state index contributed by atoms with van der Waals surface area (Å²) in [5.41, 5.74) is 0. The molecule has 0 aliphatic carbocycles. The van der Waals surface area contributed by atoms with Crippen molar-refractivity contribution >= 4 is 23.9 Å². The van der Waals surface area contributed by atoms with Gasteiger partial charge in [0.05, 0.1) is 0 Å². The van der Waals surface area contributed by atoms with Crippen LogP contribution in [0.15, 0.2) is 48.5 Å². The van der Waals surface area contributed by atoms with E-state index in [-0.39, 0.29) is 0 Å². The third-order valence-electron chi connectivity index (χ3n) is 2.14. The number of fused-ring (bicyclic) bond motifs is 2. The van der Waals surface area contributed by atoms with Gasteiger partial charge in [0.2, 0.25) is 0 Å². The van der Waals surface area contributed by atoms with Crippen LogP contribution in [0.3, 0.4) is 0 Å². The van der Waals surface area contributed by atoms with Gasteiger partial charge < -0.3 is 0 Å². The standard InChI is InChI=1S/C12H8OSe/c1-3-7-11-9(5-1)13-10-6-2-4-8-12(10)14-11/h1-8H. The van der Waals surface area contributed by atoms with Gasteiger partial charge in [-0.05, 0) is 0 Å². The van der Waals surface area contributed by atoms with Gasteiger partial charge in [0, 0.05) is 0 Å². The van der Waals surface area contributed by atoms with E-state index < -0.39 is 0 Å². The number of hydrogen-bond donors (Lipinski definition) is 0. The van der Waals surface area contributed by atoms with Crippen LogP contribution in [0.25, 0.3) is 0 Å². The average molecular weight is 247 g/mol. The predicted molar refractivity (Wildman–Crippen MR) is 58.0 cm³/mol. The Kier molecular flexibility index (Phi) is 1.83. The SMILES string of the molecule is c1ccc2c(c1)Oc1ccccc1[Se]2. The molecule has 0 spiro atoms. The number of ether oxygens (including phenoxy) is 1. The predicted octanol–water partition coefficient (Wildman–Crippen LogP) is 1.45. The van der Waals surface area contributed by atoms with Gasteiger partial charge in [0.25, 0.3) is 0 Å². The van der Waals surface area contributed by atoms with Crippen molar-refractivity contribution in [1.82, 2.24) is 0 Å². The molecule has 1 heterocycles. The fourth-order valence-corrected chi connectivity index (χ4v) is 3.47. The zero-order valence-corrected chi connectivity index (χ0v) is 9.15. The molecule has 1 nitrogen and oxygen atoms in total. The van der Waals surface area contributed by atoms with E-state index in [1.54, 1.807) is 0 Å². The zero-order chi connectivity index (χ0) is 9.38. The first kappa shape index (κ1) is 8.10. The first-order valence-electron chi connectivity index (χ1n) is 4.47. The van der Waals surface area contributed by atoms with E-state index in [0.29, 0.717) is 15.0 Å². The van der Waals surface area contributed by atoms with E-state index >= 15 is 0 Å². The maximum atomic E-state index is 5.79. The molecule has 2 heteroatoms. The number of para-hydroxylation sites is 2. The summed E-state index contributed by atoms with van der Waals surface area (Å²) in [6.07, 6.45) is 0. The monoisotopic (exact) mass is 248 g/mol. The van der Waals surface area contributed by atoms with E-state index in [4.69, 9.17) is 4.74 Å². The van der Waals surface area contributed by atoms with Crippen molar-refractivity contribution in [2.45, 2.75) is 0 Å². The van der Waals surface area contributed by atoms with Gasteiger partial charge in [-0.1, -0.05) is 0 Å². The molecule has 0 atom stereocenters. The van der Waals surface area contributed by atoms with E-state index in [1.807, 2.05) is 24.3 Å². The fraction of sp³-hybridized carbons (Fsp3) is 0. The summed E-state index contributed by atoms with van der Waals surface area (Å²) >= 11 is 0.394. The summed E-state index contributed by atoms with van der Waals surface area (Å²) in [7, 11) is 0. The molecule has 14 heavy (non-hydrogen) atoms. The topological polar surface area (TPSA) is 9.23 Å². The van der Waals surface area contributed by atoms with E-state index in [9.17, 15) is 0 Å².